The Morgan fingerprint density at radius 1 is 1.25 bits per heavy atom. The molecule has 0 unspecified atom stereocenters. The second-order valence-electron chi connectivity index (χ2n) is 6.77. The first-order valence-corrected chi connectivity index (χ1v) is 8.88. The Balaban J connectivity index is 1.45. The Morgan fingerprint density at radius 2 is 2.00 bits per heavy atom. The van der Waals surface area contributed by atoms with Gasteiger partial charge in [0, 0.05) is 24.2 Å². The summed E-state index contributed by atoms with van der Waals surface area (Å²) in [5, 5.41) is 14.8. The Morgan fingerprint density at radius 3 is 2.67 bits per heavy atom. The molecular formula is C19H25ClN2O2. The molecule has 5 heteroatoms. The minimum atomic E-state index is -0.974. The number of nitrogens with zero attached hydrogens (tertiary/aromatic N) is 1. The van der Waals surface area contributed by atoms with Crippen molar-refractivity contribution < 1.29 is 9.52 Å². The smallest absolute Gasteiger partial charge is 0.136 e. The van der Waals surface area contributed by atoms with Crippen molar-refractivity contribution in [1.82, 2.24) is 10.2 Å². The van der Waals surface area contributed by atoms with E-state index in [1.54, 1.807) is 19.3 Å². The third-order valence-electron chi connectivity index (χ3n) is 4.73. The largest absolute Gasteiger partial charge is 0.466 e. The van der Waals surface area contributed by atoms with E-state index < -0.39 is 5.60 Å². The van der Waals surface area contributed by atoms with Gasteiger partial charge < -0.3 is 14.8 Å². The SMILES string of the molecule is C[C@](O)(CNC1CCN(Cc2ccccc2Cl)CC1)c1ccco1. The van der Waals surface area contributed by atoms with E-state index in [0.29, 0.717) is 18.3 Å². The zero-order valence-corrected chi connectivity index (χ0v) is 14.8. The highest BCUT2D eigenvalue weighted by molar-refractivity contribution is 6.31. The fourth-order valence-corrected chi connectivity index (χ4v) is 3.37. The summed E-state index contributed by atoms with van der Waals surface area (Å²) in [6.07, 6.45) is 3.73. The van der Waals surface area contributed by atoms with Gasteiger partial charge in [0.25, 0.3) is 0 Å². The zero-order valence-electron chi connectivity index (χ0n) is 14.0. The fourth-order valence-electron chi connectivity index (χ4n) is 3.18. The van der Waals surface area contributed by atoms with Gasteiger partial charge in [0.2, 0.25) is 0 Å². The Kier molecular flexibility index (Phi) is 5.61. The first kappa shape index (κ1) is 17.5. The minimum Gasteiger partial charge on any atom is -0.466 e. The van der Waals surface area contributed by atoms with E-state index in [0.717, 1.165) is 37.5 Å². The molecular weight excluding hydrogens is 324 g/mol. The molecule has 0 radical (unpaired) electrons. The first-order chi connectivity index (χ1) is 11.5. The van der Waals surface area contributed by atoms with E-state index in [-0.39, 0.29) is 0 Å². The zero-order chi connectivity index (χ0) is 17.0. The average molecular weight is 349 g/mol. The molecule has 1 aromatic carbocycles. The third kappa shape index (κ3) is 4.39. The highest BCUT2D eigenvalue weighted by atomic mass is 35.5. The predicted molar refractivity (Wildman–Crippen MR) is 96.0 cm³/mol. The normalized spacial score (nSPS) is 19.3. The maximum absolute atomic E-state index is 10.5. The van der Waals surface area contributed by atoms with Crippen molar-refractivity contribution in [3.63, 3.8) is 0 Å². The first-order valence-electron chi connectivity index (χ1n) is 8.50. The molecule has 1 aliphatic heterocycles. The van der Waals surface area contributed by atoms with Gasteiger partial charge in [-0.1, -0.05) is 29.8 Å². The molecule has 2 heterocycles. The third-order valence-corrected chi connectivity index (χ3v) is 5.10. The lowest BCUT2D eigenvalue weighted by Crippen LogP contribution is -2.46. The Hall–Kier alpha value is -1.33. The van der Waals surface area contributed by atoms with Crippen LogP contribution in [-0.2, 0) is 12.1 Å². The van der Waals surface area contributed by atoms with Crippen LogP contribution in [0, 0.1) is 0 Å². The van der Waals surface area contributed by atoms with Crippen molar-refractivity contribution in [2.75, 3.05) is 19.6 Å². The van der Waals surface area contributed by atoms with E-state index in [2.05, 4.69) is 16.3 Å². The van der Waals surface area contributed by atoms with Gasteiger partial charge in [0.15, 0.2) is 0 Å². The van der Waals surface area contributed by atoms with Crippen LogP contribution in [0.2, 0.25) is 5.02 Å². The molecule has 2 N–H and O–H groups in total. The van der Waals surface area contributed by atoms with E-state index in [9.17, 15) is 5.11 Å². The van der Waals surface area contributed by atoms with Crippen LogP contribution in [-0.4, -0.2) is 35.7 Å². The number of nitrogens with one attached hydrogen (secondary N) is 1. The van der Waals surface area contributed by atoms with Crippen molar-refractivity contribution in [2.45, 2.75) is 38.0 Å². The molecule has 1 aliphatic rings. The van der Waals surface area contributed by atoms with Crippen LogP contribution < -0.4 is 5.32 Å². The summed E-state index contributed by atoms with van der Waals surface area (Å²) in [6.45, 7) is 5.25. The van der Waals surface area contributed by atoms with Gasteiger partial charge in [0.1, 0.15) is 11.4 Å². The summed E-state index contributed by atoms with van der Waals surface area (Å²) >= 11 is 6.25. The molecule has 1 atom stereocenters. The summed E-state index contributed by atoms with van der Waals surface area (Å²) in [4.78, 5) is 2.43. The van der Waals surface area contributed by atoms with Crippen molar-refractivity contribution in [3.8, 4) is 0 Å². The maximum Gasteiger partial charge on any atom is 0.136 e. The van der Waals surface area contributed by atoms with Crippen LogP contribution >= 0.6 is 11.6 Å². The molecule has 3 rings (SSSR count). The van der Waals surface area contributed by atoms with E-state index >= 15 is 0 Å². The summed E-state index contributed by atoms with van der Waals surface area (Å²) in [7, 11) is 0. The molecule has 0 bridgehead atoms. The molecule has 130 valence electrons. The van der Waals surface area contributed by atoms with Gasteiger partial charge in [-0.3, -0.25) is 4.90 Å². The number of benzene rings is 1. The molecule has 1 saturated heterocycles. The second-order valence-corrected chi connectivity index (χ2v) is 7.18. The lowest BCUT2D eigenvalue weighted by Gasteiger charge is -2.34. The minimum absolute atomic E-state index is 0.425. The van der Waals surface area contributed by atoms with Gasteiger partial charge >= 0.3 is 0 Å². The van der Waals surface area contributed by atoms with Crippen LogP contribution in [0.5, 0.6) is 0 Å². The standard InChI is InChI=1S/C19H25ClN2O2/c1-19(23,18-7-4-12-24-18)14-21-16-8-10-22(11-9-16)13-15-5-2-3-6-17(15)20/h2-7,12,16,21,23H,8-11,13-14H2,1H3/t19-/m0/s1. The number of aliphatic hydroxyl groups is 1. The fraction of sp³-hybridized carbons (Fsp3) is 0.474. The molecule has 4 nitrogen and oxygen atoms in total. The van der Waals surface area contributed by atoms with Crippen LogP contribution in [0.4, 0.5) is 0 Å². The number of piperidine rings is 1. The lowest BCUT2D eigenvalue weighted by molar-refractivity contribution is 0.0287. The number of furan rings is 1. The number of likely N-dealkylation sites (tertiary alicyclic amines) is 1. The van der Waals surface area contributed by atoms with Gasteiger partial charge in [-0.05, 0) is 56.6 Å². The molecule has 24 heavy (non-hydrogen) atoms. The Labute approximate surface area is 148 Å². The van der Waals surface area contributed by atoms with Gasteiger partial charge in [-0.2, -0.15) is 0 Å². The van der Waals surface area contributed by atoms with E-state index in [1.165, 1.54) is 5.56 Å². The molecule has 0 aliphatic carbocycles. The van der Waals surface area contributed by atoms with Crippen molar-refractivity contribution in [3.05, 3.63) is 59.0 Å². The quantitative estimate of drug-likeness (QED) is 0.840. The highest BCUT2D eigenvalue weighted by Crippen LogP contribution is 2.22. The number of rotatable bonds is 6. The molecule has 0 amide bonds. The van der Waals surface area contributed by atoms with Gasteiger partial charge in [-0.25, -0.2) is 0 Å². The second kappa shape index (κ2) is 7.70. The monoisotopic (exact) mass is 348 g/mol. The highest BCUT2D eigenvalue weighted by Gasteiger charge is 2.28. The number of halogens is 1. The van der Waals surface area contributed by atoms with Crippen molar-refractivity contribution in [2.24, 2.45) is 0 Å². The Bertz CT molecular complexity index is 635. The van der Waals surface area contributed by atoms with Crippen LogP contribution in [0.1, 0.15) is 31.1 Å². The predicted octanol–water partition coefficient (Wildman–Crippen LogP) is 3.39. The van der Waals surface area contributed by atoms with Crippen LogP contribution in [0.3, 0.4) is 0 Å². The maximum atomic E-state index is 10.5. The summed E-state index contributed by atoms with van der Waals surface area (Å²) in [5.41, 5.74) is 0.212. The molecule has 0 spiro atoms. The molecule has 1 fully saturated rings. The van der Waals surface area contributed by atoms with Crippen molar-refractivity contribution in [1.29, 1.82) is 0 Å². The molecule has 2 aromatic rings. The number of hydrogen-bond donors (Lipinski definition) is 2. The molecule has 1 aromatic heterocycles. The lowest BCUT2D eigenvalue weighted by atomic mass is 10.00. The van der Waals surface area contributed by atoms with Gasteiger partial charge in [0.05, 0.1) is 6.26 Å². The van der Waals surface area contributed by atoms with E-state index in [4.69, 9.17) is 16.0 Å². The van der Waals surface area contributed by atoms with Crippen molar-refractivity contribution >= 4 is 11.6 Å². The summed E-state index contributed by atoms with van der Waals surface area (Å²) < 4.78 is 5.32. The number of hydrogen-bond acceptors (Lipinski definition) is 4. The van der Waals surface area contributed by atoms with Crippen LogP contribution in [0.25, 0.3) is 0 Å². The van der Waals surface area contributed by atoms with Crippen LogP contribution in [0.15, 0.2) is 47.1 Å². The van der Waals surface area contributed by atoms with Gasteiger partial charge in [-0.15, -0.1) is 0 Å². The average Bonchev–Trinajstić information content (AvgIpc) is 3.12. The van der Waals surface area contributed by atoms with E-state index in [1.807, 2.05) is 24.3 Å². The summed E-state index contributed by atoms with van der Waals surface area (Å²) in [6, 6.07) is 12.1. The molecule has 0 saturated carbocycles. The summed E-state index contributed by atoms with van der Waals surface area (Å²) in [5.74, 6) is 0.603. The topological polar surface area (TPSA) is 48.6 Å².